The van der Waals surface area contributed by atoms with Crippen LogP contribution >= 0.6 is 27.7 Å². The number of halogens is 1. The lowest BCUT2D eigenvalue weighted by atomic mass is 10.4. The first-order valence-electron chi connectivity index (χ1n) is 5.62. The van der Waals surface area contributed by atoms with E-state index in [4.69, 9.17) is 0 Å². The molecule has 2 nitrogen and oxygen atoms in total. The zero-order valence-corrected chi connectivity index (χ0v) is 12.0. The van der Waals surface area contributed by atoms with Crippen molar-refractivity contribution >= 4 is 33.3 Å². The molecule has 0 N–H and O–H groups in total. The van der Waals surface area contributed by atoms with E-state index in [-0.39, 0.29) is 0 Å². The van der Waals surface area contributed by atoms with Gasteiger partial charge in [-0.05, 0) is 36.4 Å². The Labute approximate surface area is 118 Å². The molecule has 0 spiro atoms. The van der Waals surface area contributed by atoms with E-state index in [9.17, 15) is 0 Å². The monoisotopic (exact) mass is 318 g/mol. The van der Waals surface area contributed by atoms with E-state index in [1.165, 1.54) is 4.90 Å². The van der Waals surface area contributed by atoms with Crippen LogP contribution < -0.4 is 0 Å². The molecule has 0 aliphatic heterocycles. The predicted molar refractivity (Wildman–Crippen MR) is 78.9 cm³/mol. The number of thioether (sulfide) groups is 1. The van der Waals surface area contributed by atoms with Crippen LogP contribution in [0.1, 0.15) is 5.69 Å². The van der Waals surface area contributed by atoms with E-state index in [0.29, 0.717) is 0 Å². The van der Waals surface area contributed by atoms with E-state index in [1.54, 1.807) is 11.8 Å². The second-order valence-electron chi connectivity index (χ2n) is 3.94. The van der Waals surface area contributed by atoms with Crippen molar-refractivity contribution in [3.05, 3.63) is 65.0 Å². The molecule has 1 aromatic carbocycles. The molecule has 0 aliphatic rings. The summed E-state index contributed by atoms with van der Waals surface area (Å²) in [6.07, 6.45) is 4.11. The molecule has 0 saturated heterocycles. The summed E-state index contributed by atoms with van der Waals surface area (Å²) in [5, 5.41) is 0. The molecule has 3 rings (SSSR count). The lowest BCUT2D eigenvalue weighted by molar-refractivity contribution is 1.18. The van der Waals surface area contributed by atoms with Crippen LogP contribution in [0.4, 0.5) is 0 Å². The van der Waals surface area contributed by atoms with Crippen LogP contribution in [0, 0.1) is 0 Å². The summed E-state index contributed by atoms with van der Waals surface area (Å²) in [6, 6.07) is 14.4. The molecular weight excluding hydrogens is 308 g/mol. The quantitative estimate of drug-likeness (QED) is 0.666. The topological polar surface area (TPSA) is 17.3 Å². The van der Waals surface area contributed by atoms with Crippen molar-refractivity contribution < 1.29 is 0 Å². The minimum absolute atomic E-state index is 0.892. The summed E-state index contributed by atoms with van der Waals surface area (Å²) in [5.74, 6) is 0.892. The van der Waals surface area contributed by atoms with E-state index in [2.05, 4.69) is 55.8 Å². The molecule has 0 unspecified atom stereocenters. The Balaban J connectivity index is 1.74. The van der Waals surface area contributed by atoms with Gasteiger partial charge < -0.3 is 4.40 Å². The predicted octanol–water partition coefficient (Wildman–Crippen LogP) is 4.39. The smallest absolute Gasteiger partial charge is 0.137 e. The third-order valence-electron chi connectivity index (χ3n) is 2.61. The minimum atomic E-state index is 0.892. The van der Waals surface area contributed by atoms with Crippen molar-refractivity contribution in [2.45, 2.75) is 10.6 Å². The molecule has 0 saturated carbocycles. The molecule has 2 heterocycles. The SMILES string of the molecule is Brc1ccc(SCc2cn3ccccc3n2)cc1. The first-order chi connectivity index (χ1) is 8.81. The number of imidazole rings is 1. The fraction of sp³-hybridized carbons (Fsp3) is 0.0714. The van der Waals surface area contributed by atoms with Crippen LogP contribution in [0.3, 0.4) is 0 Å². The van der Waals surface area contributed by atoms with Crippen molar-refractivity contribution in [1.82, 2.24) is 9.38 Å². The van der Waals surface area contributed by atoms with Gasteiger partial charge in [0.2, 0.25) is 0 Å². The summed E-state index contributed by atoms with van der Waals surface area (Å²) in [6.45, 7) is 0. The normalized spacial score (nSPS) is 10.9. The van der Waals surface area contributed by atoms with E-state index in [0.717, 1.165) is 21.6 Å². The maximum absolute atomic E-state index is 4.58. The van der Waals surface area contributed by atoms with Gasteiger partial charge in [-0.1, -0.05) is 22.0 Å². The maximum Gasteiger partial charge on any atom is 0.137 e. The minimum Gasteiger partial charge on any atom is -0.307 e. The Bertz CT molecular complexity index is 628. The van der Waals surface area contributed by atoms with Crippen LogP contribution in [0.25, 0.3) is 5.65 Å². The zero-order valence-electron chi connectivity index (χ0n) is 9.58. The van der Waals surface area contributed by atoms with Gasteiger partial charge in [0.15, 0.2) is 0 Å². The summed E-state index contributed by atoms with van der Waals surface area (Å²) in [4.78, 5) is 5.84. The molecule has 0 radical (unpaired) electrons. The number of aromatic nitrogens is 2. The summed E-state index contributed by atoms with van der Waals surface area (Å²) >= 11 is 5.24. The maximum atomic E-state index is 4.58. The van der Waals surface area contributed by atoms with Gasteiger partial charge in [-0.2, -0.15) is 0 Å². The molecule has 2 aromatic heterocycles. The summed E-state index contributed by atoms with van der Waals surface area (Å²) in [5.41, 5.74) is 2.11. The average molecular weight is 319 g/mol. The van der Waals surface area contributed by atoms with Crippen LogP contribution in [0.15, 0.2) is 64.2 Å². The Kier molecular flexibility index (Phi) is 3.39. The highest BCUT2D eigenvalue weighted by molar-refractivity contribution is 9.10. The zero-order chi connectivity index (χ0) is 12.4. The highest BCUT2D eigenvalue weighted by Crippen LogP contribution is 2.24. The van der Waals surface area contributed by atoms with Gasteiger partial charge in [0.1, 0.15) is 5.65 Å². The molecule has 0 amide bonds. The molecule has 0 atom stereocenters. The van der Waals surface area contributed by atoms with Crippen molar-refractivity contribution in [1.29, 1.82) is 0 Å². The standard InChI is InChI=1S/C14H11BrN2S/c15-11-4-6-13(7-5-11)18-10-12-9-17-8-2-1-3-14(17)16-12/h1-9H,10H2. The first kappa shape index (κ1) is 11.8. The van der Waals surface area contributed by atoms with Crippen molar-refractivity contribution in [2.24, 2.45) is 0 Å². The number of rotatable bonds is 3. The second-order valence-corrected chi connectivity index (χ2v) is 5.91. The molecule has 4 heteroatoms. The average Bonchev–Trinajstić information content (AvgIpc) is 2.81. The van der Waals surface area contributed by atoms with Gasteiger partial charge in [-0.25, -0.2) is 4.98 Å². The van der Waals surface area contributed by atoms with E-state index in [1.807, 2.05) is 24.4 Å². The van der Waals surface area contributed by atoms with Gasteiger partial charge in [0.25, 0.3) is 0 Å². The molecule has 3 aromatic rings. The van der Waals surface area contributed by atoms with Gasteiger partial charge >= 0.3 is 0 Å². The Morgan fingerprint density at radius 3 is 2.72 bits per heavy atom. The number of nitrogens with zero attached hydrogens (tertiary/aromatic N) is 2. The van der Waals surface area contributed by atoms with Gasteiger partial charge in [-0.3, -0.25) is 0 Å². The first-order valence-corrected chi connectivity index (χ1v) is 7.40. The lowest BCUT2D eigenvalue weighted by Crippen LogP contribution is -1.79. The number of fused-ring (bicyclic) bond motifs is 1. The molecule has 0 fully saturated rings. The van der Waals surface area contributed by atoms with Gasteiger partial charge in [0, 0.05) is 27.5 Å². The fourth-order valence-electron chi connectivity index (χ4n) is 1.74. The molecular formula is C14H11BrN2S. The van der Waals surface area contributed by atoms with Crippen LogP contribution in [0.2, 0.25) is 0 Å². The molecule has 0 aliphatic carbocycles. The fourth-order valence-corrected chi connectivity index (χ4v) is 2.79. The number of hydrogen-bond donors (Lipinski definition) is 0. The van der Waals surface area contributed by atoms with E-state index >= 15 is 0 Å². The highest BCUT2D eigenvalue weighted by Gasteiger charge is 2.01. The largest absolute Gasteiger partial charge is 0.307 e. The molecule has 0 bridgehead atoms. The Hall–Kier alpha value is -1.26. The van der Waals surface area contributed by atoms with Crippen LogP contribution in [0.5, 0.6) is 0 Å². The van der Waals surface area contributed by atoms with Crippen molar-refractivity contribution in [2.75, 3.05) is 0 Å². The van der Waals surface area contributed by atoms with Gasteiger partial charge in [0.05, 0.1) is 5.69 Å². The number of hydrogen-bond acceptors (Lipinski definition) is 2. The number of pyridine rings is 1. The molecule has 90 valence electrons. The van der Waals surface area contributed by atoms with Gasteiger partial charge in [-0.15, -0.1) is 11.8 Å². The van der Waals surface area contributed by atoms with E-state index < -0.39 is 0 Å². The van der Waals surface area contributed by atoms with Crippen molar-refractivity contribution in [3.63, 3.8) is 0 Å². The Morgan fingerprint density at radius 1 is 1.11 bits per heavy atom. The second kappa shape index (κ2) is 5.16. The van der Waals surface area contributed by atoms with Crippen LogP contribution in [-0.2, 0) is 5.75 Å². The van der Waals surface area contributed by atoms with Crippen LogP contribution in [-0.4, -0.2) is 9.38 Å². The third-order valence-corrected chi connectivity index (χ3v) is 4.19. The highest BCUT2D eigenvalue weighted by atomic mass is 79.9. The number of benzene rings is 1. The summed E-state index contributed by atoms with van der Waals surface area (Å²) in [7, 11) is 0. The van der Waals surface area contributed by atoms with Crippen molar-refractivity contribution in [3.8, 4) is 0 Å². The third kappa shape index (κ3) is 2.60. The summed E-state index contributed by atoms with van der Waals surface area (Å²) < 4.78 is 3.16. The Morgan fingerprint density at radius 2 is 1.94 bits per heavy atom. The molecule has 18 heavy (non-hydrogen) atoms. The lowest BCUT2D eigenvalue weighted by Gasteiger charge is -1.98.